The normalized spacial score (nSPS) is 9.84. The van der Waals surface area contributed by atoms with Gasteiger partial charge >= 0.3 is 0 Å². The second kappa shape index (κ2) is 101. The molecule has 0 unspecified atom stereocenters. The molecule has 0 spiro atoms. The van der Waals surface area contributed by atoms with Crippen LogP contribution in [0.2, 0.25) is 0 Å². The molecule has 12 rings (SSSR count). The second-order valence-corrected chi connectivity index (χ2v) is 55.5. The first-order valence-corrected chi connectivity index (χ1v) is 48.5. The van der Waals surface area contributed by atoms with Crippen LogP contribution in [0.5, 0.6) is 0 Å². The van der Waals surface area contributed by atoms with Crippen LogP contribution in [0, 0.1) is 75.8 Å². The Balaban J connectivity index is -0.0000000520. The van der Waals surface area contributed by atoms with Gasteiger partial charge in [0.25, 0.3) is 0 Å². The number of fused-ring (bicyclic) bond motifs is 5. The molecule has 0 aliphatic rings. The van der Waals surface area contributed by atoms with Crippen LogP contribution in [-0.2, 0) is 0 Å². The lowest BCUT2D eigenvalue weighted by Crippen LogP contribution is -1.93. The van der Waals surface area contributed by atoms with Crippen molar-refractivity contribution < 1.29 is 0 Å². The average Bonchev–Trinajstić information content (AvgIpc) is 0.891. The zero-order valence-corrected chi connectivity index (χ0v) is 97.5. The third-order valence-electron chi connectivity index (χ3n) is 9.09. The van der Waals surface area contributed by atoms with E-state index in [4.69, 9.17) is 0 Å². The van der Waals surface area contributed by atoms with Gasteiger partial charge in [-0.1, -0.05) is 704 Å². The minimum Gasteiger partial charge on any atom is -0.265 e. The molecule has 0 aliphatic carbocycles. The average molecular weight is 2040 g/mol. The Morgan fingerprint density at radius 3 is 0.281 bits per heavy atom. The number of rotatable bonds is 0. The van der Waals surface area contributed by atoms with E-state index in [9.17, 15) is 0 Å². The number of hydrogen-bond acceptors (Lipinski definition) is 4. The van der Waals surface area contributed by atoms with Gasteiger partial charge in [-0.2, -0.15) is 0 Å². The summed E-state index contributed by atoms with van der Waals surface area (Å²) in [6.07, 6.45) is 8.92. The van der Waals surface area contributed by atoms with Crippen LogP contribution in [-0.4, -0.2) is 19.9 Å². The van der Waals surface area contributed by atoms with Crippen molar-refractivity contribution in [3.8, 4) is 0 Å². The summed E-state index contributed by atoms with van der Waals surface area (Å²) in [6.45, 7) is 122. The number of aromatic nitrogens is 4. The predicted octanol–water partition coefficient (Wildman–Crippen LogP) is 52.8. The summed E-state index contributed by atoms with van der Waals surface area (Å²) in [6, 6.07) is 87.4. The van der Waals surface area contributed by atoms with E-state index in [0.717, 1.165) is 16.6 Å². The van der Waals surface area contributed by atoms with Gasteiger partial charge in [-0.3, -0.25) is 19.9 Å². The van der Waals surface area contributed by atoms with E-state index in [-0.39, 0.29) is 104 Å². The van der Waals surface area contributed by atoms with E-state index >= 15 is 0 Å². The molecule has 0 fully saturated rings. The van der Waals surface area contributed by atoms with Crippen molar-refractivity contribution in [1.29, 1.82) is 0 Å². The fourth-order valence-corrected chi connectivity index (χ4v) is 6.01. The molecule has 0 radical (unpaired) electrons. The van der Waals surface area contributed by atoms with Crippen molar-refractivity contribution in [2.75, 3.05) is 0 Å². The quantitative estimate of drug-likeness (QED) is 0.152. The Morgan fingerprint density at radius 1 is 0.103 bits per heavy atom. The summed E-state index contributed by atoms with van der Waals surface area (Å²) in [4.78, 5) is 16.3. The van der Waals surface area contributed by atoms with Crippen molar-refractivity contribution in [3.63, 3.8) is 0 Å². The summed E-state index contributed by atoms with van der Waals surface area (Å²) in [5.41, 5.74) is 10.2. The summed E-state index contributed by atoms with van der Waals surface area (Å²) in [7, 11) is 0. The van der Waals surface area contributed by atoms with Crippen LogP contribution in [0.25, 0.3) is 54.3 Å². The molecule has 0 atom stereocenters. The van der Waals surface area contributed by atoms with Crippen molar-refractivity contribution in [1.82, 2.24) is 19.9 Å². The lowest BCUT2D eigenvalue weighted by Gasteiger charge is -2.05. The van der Waals surface area contributed by atoms with Gasteiger partial charge in [0.2, 0.25) is 0 Å². The van der Waals surface area contributed by atoms with Gasteiger partial charge in [-0.25, -0.2) is 0 Å². The largest absolute Gasteiger partial charge is 0.265 e. The van der Waals surface area contributed by atoms with E-state index in [1.54, 1.807) is 12.4 Å². The first-order valence-electron chi connectivity index (χ1n) is 48.5. The molecule has 0 aliphatic heterocycles. The Hall–Kier alpha value is -8.34. The van der Waals surface area contributed by atoms with Crippen molar-refractivity contribution in [2.24, 2.45) is 75.8 Å². The molecule has 12 aromatic rings. The highest BCUT2D eigenvalue weighted by Crippen LogP contribution is 2.19. The summed E-state index contributed by atoms with van der Waals surface area (Å²) < 4.78 is 0. The van der Waals surface area contributed by atoms with Gasteiger partial charge in [0.1, 0.15) is 0 Å². The maximum Gasteiger partial charge on any atom is 0.0701 e. The van der Waals surface area contributed by atoms with Gasteiger partial charge in [0.15, 0.2) is 0 Å². The lowest BCUT2D eigenvalue weighted by atomic mass is 10.0. The van der Waals surface area contributed by atoms with Gasteiger partial charge in [0, 0.05) is 47.1 Å². The van der Waals surface area contributed by atoms with Gasteiger partial charge in [0.05, 0.1) is 16.6 Å². The smallest absolute Gasteiger partial charge is 0.0701 e. The van der Waals surface area contributed by atoms with Gasteiger partial charge in [-0.05, 0) is 146 Å². The standard InChI is InChI=1S/2C10H8.3C9H7N.C6H6.C5H5N.14C5H12.14CH4/c2*1-2-6-10-8-4-3-7-9(10)5-1;3*1-2-6-9-8(4-1)5-3-7-10-9;2*1-2-4-6-5-3-1;14*1-5(2,3)4;;;;;;;;;;;;;;/h2*1-8H;3*1-7H;1-6H;1-5H;14*1-4H3;14*1H4. The number of nitrogens with zero attached hydrogens (tertiary/aromatic N) is 4. The van der Waals surface area contributed by atoms with E-state index in [2.05, 4.69) is 541 Å². The molecule has 0 amide bonds. The van der Waals surface area contributed by atoms with Crippen molar-refractivity contribution in [2.45, 2.75) is 492 Å². The Bertz CT molecular complexity index is 3270. The molecule has 8 aromatic carbocycles. The third kappa shape index (κ3) is 280. The summed E-state index contributed by atoms with van der Waals surface area (Å²) in [5.74, 6) is 0. The fourth-order valence-electron chi connectivity index (χ4n) is 6.01. The molecule has 860 valence electrons. The first kappa shape index (κ1) is 196. The molecule has 0 bridgehead atoms. The highest BCUT2D eigenvalue weighted by molar-refractivity contribution is 5.83. The topological polar surface area (TPSA) is 51.6 Å². The number of para-hydroxylation sites is 3. The minimum atomic E-state index is 0. The van der Waals surface area contributed by atoms with Crippen LogP contribution in [0.3, 0.4) is 0 Å². The zero-order valence-electron chi connectivity index (χ0n) is 97.5. The number of hydrogen-bond donors (Lipinski definition) is 0. The fraction of sp³-hybridized carbons (Fsp3) is 0.592. The van der Waals surface area contributed by atoms with Gasteiger partial charge < -0.3 is 0 Å². The maximum absolute atomic E-state index is 4.18. The van der Waals surface area contributed by atoms with Crippen LogP contribution in [0.1, 0.15) is 492 Å². The molecular formula is C142H272N4. The van der Waals surface area contributed by atoms with E-state index < -0.39 is 0 Å². The second-order valence-electron chi connectivity index (χ2n) is 55.5. The Labute approximate surface area is 927 Å². The Morgan fingerprint density at radius 2 is 0.192 bits per heavy atom. The molecule has 4 nitrogen and oxygen atoms in total. The maximum atomic E-state index is 4.18. The third-order valence-corrected chi connectivity index (χ3v) is 9.09. The van der Waals surface area contributed by atoms with E-state index in [0.29, 0.717) is 75.8 Å². The van der Waals surface area contributed by atoms with Crippen molar-refractivity contribution in [3.05, 3.63) is 292 Å². The van der Waals surface area contributed by atoms with E-state index in [1.807, 2.05) is 146 Å². The minimum absolute atomic E-state index is 0. The monoisotopic (exact) mass is 2030 g/mol. The highest BCUT2D eigenvalue weighted by Gasteiger charge is 2.03. The van der Waals surface area contributed by atoms with Crippen molar-refractivity contribution >= 4 is 54.3 Å². The highest BCUT2D eigenvalue weighted by atomic mass is 14.6. The van der Waals surface area contributed by atoms with Crippen LogP contribution in [0.15, 0.2) is 292 Å². The molecule has 4 aromatic heterocycles. The van der Waals surface area contributed by atoms with Crippen LogP contribution < -0.4 is 0 Å². The molecule has 146 heavy (non-hydrogen) atoms. The van der Waals surface area contributed by atoms with Crippen LogP contribution in [0.4, 0.5) is 0 Å². The molecule has 4 heterocycles. The zero-order chi connectivity index (χ0) is 106. The van der Waals surface area contributed by atoms with Gasteiger partial charge in [-0.15, -0.1) is 0 Å². The Kier molecular flexibility index (Phi) is 136. The lowest BCUT2D eigenvalue weighted by molar-refractivity contribution is 0.469. The number of pyridine rings is 4. The molecule has 0 saturated heterocycles. The SMILES string of the molecule is C.C.C.C.C.C.C.C.C.C.C.C.C.C.CC(C)(C)C.CC(C)(C)C.CC(C)(C)C.CC(C)(C)C.CC(C)(C)C.CC(C)(C)C.CC(C)(C)C.CC(C)(C)C.CC(C)(C)C.CC(C)(C)C.CC(C)(C)C.CC(C)(C)C.CC(C)(C)C.CC(C)(C)C.c1ccc2ccccc2c1.c1ccc2ccccc2c1.c1ccc2ncccc2c1.c1ccc2ncccc2c1.c1ccc2ncccc2c1.c1ccccc1.c1ccncc1. The first-order chi connectivity index (χ1) is 58.8. The summed E-state index contributed by atoms with van der Waals surface area (Å²) >= 11 is 0. The molecular weight excluding hydrogens is 1760 g/mol. The molecule has 4 heteroatoms. The molecule has 0 saturated carbocycles. The van der Waals surface area contributed by atoms with Crippen LogP contribution >= 0.6 is 0 Å². The van der Waals surface area contributed by atoms with E-state index in [1.165, 1.54) is 37.7 Å². The number of benzene rings is 8. The predicted molar refractivity (Wildman–Crippen MR) is 710 cm³/mol. The summed E-state index contributed by atoms with van der Waals surface area (Å²) in [5, 5.41) is 8.84. The molecule has 0 N–H and O–H groups in total.